The minimum absolute atomic E-state index is 0.134. The second kappa shape index (κ2) is 4.63. The molecule has 1 unspecified atom stereocenters. The summed E-state index contributed by atoms with van der Waals surface area (Å²) in [5, 5.41) is 3.54. The number of carbonyl (C=O) groups is 1. The molecule has 0 saturated carbocycles. The highest BCUT2D eigenvalue weighted by molar-refractivity contribution is 6.02. The fraction of sp³-hybridized carbons (Fsp3) is 0.533. The highest BCUT2D eigenvalue weighted by atomic mass is 16.2. The van der Waals surface area contributed by atoms with Crippen molar-refractivity contribution in [2.45, 2.75) is 39.8 Å². The van der Waals surface area contributed by atoms with Crippen molar-refractivity contribution in [1.29, 1.82) is 0 Å². The molecule has 98 valence electrons. The van der Waals surface area contributed by atoms with Crippen LogP contribution in [0.1, 0.15) is 44.5 Å². The zero-order valence-electron chi connectivity index (χ0n) is 11.7. The molecule has 0 saturated heterocycles. The lowest BCUT2D eigenvalue weighted by Crippen LogP contribution is -2.58. The molecular formula is C15H22N2O. The van der Waals surface area contributed by atoms with Crippen molar-refractivity contribution in [2.24, 2.45) is 5.92 Å². The van der Waals surface area contributed by atoms with Crippen LogP contribution in [0.4, 0.5) is 5.69 Å². The molecule has 3 nitrogen and oxygen atoms in total. The van der Waals surface area contributed by atoms with Gasteiger partial charge in [-0.05, 0) is 38.3 Å². The van der Waals surface area contributed by atoms with Crippen LogP contribution in [0.2, 0.25) is 0 Å². The largest absolute Gasteiger partial charge is 0.362 e. The van der Waals surface area contributed by atoms with Gasteiger partial charge in [0.1, 0.15) is 5.66 Å². The van der Waals surface area contributed by atoms with Crippen molar-refractivity contribution in [2.75, 3.05) is 11.9 Å². The van der Waals surface area contributed by atoms with E-state index in [4.69, 9.17) is 0 Å². The predicted molar refractivity (Wildman–Crippen MR) is 74.6 cm³/mol. The van der Waals surface area contributed by atoms with Gasteiger partial charge in [-0.2, -0.15) is 0 Å². The van der Waals surface area contributed by atoms with Crippen molar-refractivity contribution in [3.8, 4) is 0 Å². The van der Waals surface area contributed by atoms with Gasteiger partial charge in [0.05, 0.1) is 5.56 Å². The number of rotatable bonds is 3. The minimum Gasteiger partial charge on any atom is -0.362 e. The fourth-order valence-electron chi connectivity index (χ4n) is 2.95. The second-order valence-electron chi connectivity index (χ2n) is 5.59. The molecule has 1 aliphatic rings. The lowest BCUT2D eigenvalue weighted by Gasteiger charge is -2.47. The molecule has 0 bridgehead atoms. The minimum atomic E-state index is -0.283. The summed E-state index contributed by atoms with van der Waals surface area (Å²) in [4.78, 5) is 14.5. The van der Waals surface area contributed by atoms with E-state index >= 15 is 0 Å². The Balaban J connectivity index is 2.43. The Morgan fingerprint density at radius 1 is 1.33 bits per heavy atom. The molecular weight excluding hydrogens is 224 g/mol. The van der Waals surface area contributed by atoms with E-state index in [0.717, 1.165) is 24.2 Å². The molecule has 1 amide bonds. The van der Waals surface area contributed by atoms with Crippen molar-refractivity contribution in [3.63, 3.8) is 0 Å². The molecule has 2 rings (SSSR count). The molecule has 1 aromatic rings. The van der Waals surface area contributed by atoms with E-state index in [1.165, 1.54) is 0 Å². The van der Waals surface area contributed by atoms with Gasteiger partial charge in [-0.3, -0.25) is 4.79 Å². The van der Waals surface area contributed by atoms with E-state index in [-0.39, 0.29) is 11.6 Å². The van der Waals surface area contributed by atoms with Gasteiger partial charge in [-0.1, -0.05) is 26.0 Å². The molecule has 1 aromatic carbocycles. The van der Waals surface area contributed by atoms with Crippen LogP contribution in [0.15, 0.2) is 24.3 Å². The number of anilines is 1. The smallest absolute Gasteiger partial charge is 0.257 e. The summed E-state index contributed by atoms with van der Waals surface area (Å²) in [6.45, 7) is 9.25. The summed E-state index contributed by atoms with van der Waals surface area (Å²) in [5.74, 6) is 0.671. The molecule has 18 heavy (non-hydrogen) atoms. The quantitative estimate of drug-likeness (QED) is 0.887. The maximum Gasteiger partial charge on any atom is 0.257 e. The zero-order chi connectivity index (χ0) is 13.3. The third kappa shape index (κ3) is 2.09. The van der Waals surface area contributed by atoms with Gasteiger partial charge >= 0.3 is 0 Å². The summed E-state index contributed by atoms with van der Waals surface area (Å²) in [6, 6.07) is 7.76. The van der Waals surface area contributed by atoms with Crippen LogP contribution in [-0.4, -0.2) is 23.0 Å². The molecule has 3 heteroatoms. The Labute approximate surface area is 109 Å². The van der Waals surface area contributed by atoms with Crippen LogP contribution in [0.25, 0.3) is 0 Å². The van der Waals surface area contributed by atoms with Gasteiger partial charge in [0, 0.05) is 12.2 Å². The van der Waals surface area contributed by atoms with Crippen molar-refractivity contribution in [1.82, 2.24) is 4.90 Å². The molecule has 0 fully saturated rings. The standard InChI is InChI=1S/C15H22N2O/c1-5-17-14(18)12-8-6-7-9-13(12)16-15(17,4)10-11(2)3/h6-9,11,16H,5,10H2,1-4H3. The fourth-order valence-corrected chi connectivity index (χ4v) is 2.95. The summed E-state index contributed by atoms with van der Waals surface area (Å²) in [7, 11) is 0. The maximum absolute atomic E-state index is 12.5. The molecule has 0 spiro atoms. The highest BCUT2D eigenvalue weighted by Crippen LogP contribution is 2.34. The first-order valence-corrected chi connectivity index (χ1v) is 6.67. The van der Waals surface area contributed by atoms with Gasteiger partial charge in [0.15, 0.2) is 0 Å². The summed E-state index contributed by atoms with van der Waals surface area (Å²) < 4.78 is 0. The van der Waals surface area contributed by atoms with E-state index in [0.29, 0.717) is 5.92 Å². The van der Waals surface area contributed by atoms with E-state index < -0.39 is 0 Å². The average Bonchev–Trinajstić information content (AvgIpc) is 2.28. The first-order valence-electron chi connectivity index (χ1n) is 6.67. The Bertz CT molecular complexity index is 456. The van der Waals surface area contributed by atoms with Crippen molar-refractivity contribution in [3.05, 3.63) is 29.8 Å². The van der Waals surface area contributed by atoms with Crippen LogP contribution in [-0.2, 0) is 0 Å². The predicted octanol–water partition coefficient (Wildman–Crippen LogP) is 3.34. The summed E-state index contributed by atoms with van der Waals surface area (Å²) in [5.41, 5.74) is 1.45. The zero-order valence-corrected chi connectivity index (χ0v) is 11.7. The van der Waals surface area contributed by atoms with Gasteiger partial charge in [0.2, 0.25) is 0 Å². The van der Waals surface area contributed by atoms with E-state index in [9.17, 15) is 4.79 Å². The van der Waals surface area contributed by atoms with Crippen LogP contribution in [0.5, 0.6) is 0 Å². The molecule has 1 N–H and O–H groups in total. The summed E-state index contributed by atoms with van der Waals surface area (Å²) in [6.07, 6.45) is 0.945. The van der Waals surface area contributed by atoms with E-state index in [1.54, 1.807) is 0 Å². The molecule has 1 aliphatic heterocycles. The Kier molecular flexibility index (Phi) is 3.33. The lowest BCUT2D eigenvalue weighted by molar-refractivity contribution is 0.0515. The molecule has 1 atom stereocenters. The Hall–Kier alpha value is -1.51. The third-order valence-electron chi connectivity index (χ3n) is 3.52. The highest BCUT2D eigenvalue weighted by Gasteiger charge is 2.40. The topological polar surface area (TPSA) is 32.3 Å². The average molecular weight is 246 g/mol. The van der Waals surface area contributed by atoms with Crippen molar-refractivity contribution < 1.29 is 4.79 Å². The first-order chi connectivity index (χ1) is 8.48. The molecule has 0 aliphatic carbocycles. The number of hydrogen-bond acceptors (Lipinski definition) is 2. The Morgan fingerprint density at radius 3 is 2.61 bits per heavy atom. The molecule has 1 heterocycles. The van der Waals surface area contributed by atoms with Gasteiger partial charge in [-0.15, -0.1) is 0 Å². The van der Waals surface area contributed by atoms with Crippen LogP contribution in [0, 0.1) is 5.92 Å². The number of hydrogen-bond donors (Lipinski definition) is 1. The summed E-state index contributed by atoms with van der Waals surface area (Å²) >= 11 is 0. The van der Waals surface area contributed by atoms with Crippen LogP contribution >= 0.6 is 0 Å². The molecule has 0 radical (unpaired) electrons. The van der Waals surface area contributed by atoms with Gasteiger partial charge < -0.3 is 10.2 Å². The first kappa shape index (κ1) is 12.9. The van der Waals surface area contributed by atoms with E-state index in [1.807, 2.05) is 36.1 Å². The lowest BCUT2D eigenvalue weighted by atomic mass is 9.92. The number of nitrogens with zero attached hydrogens (tertiary/aromatic N) is 1. The number of carbonyl (C=O) groups excluding carboxylic acids is 1. The number of amides is 1. The SMILES string of the molecule is CCN1C(=O)c2ccccc2NC1(C)CC(C)C. The monoisotopic (exact) mass is 246 g/mol. The van der Waals surface area contributed by atoms with E-state index in [2.05, 4.69) is 26.1 Å². The number of benzene rings is 1. The van der Waals surface area contributed by atoms with Gasteiger partial charge in [0.25, 0.3) is 5.91 Å². The normalized spacial score (nSPS) is 22.9. The second-order valence-corrected chi connectivity index (χ2v) is 5.59. The third-order valence-corrected chi connectivity index (χ3v) is 3.52. The van der Waals surface area contributed by atoms with Crippen molar-refractivity contribution >= 4 is 11.6 Å². The maximum atomic E-state index is 12.5. The molecule has 0 aromatic heterocycles. The number of fused-ring (bicyclic) bond motifs is 1. The van der Waals surface area contributed by atoms with Gasteiger partial charge in [-0.25, -0.2) is 0 Å². The Morgan fingerprint density at radius 2 is 2.00 bits per heavy atom. The van der Waals surface area contributed by atoms with Crippen LogP contribution in [0.3, 0.4) is 0 Å². The number of nitrogens with one attached hydrogen (secondary N) is 1. The van der Waals surface area contributed by atoms with Crippen LogP contribution < -0.4 is 5.32 Å². The number of para-hydroxylation sites is 1.